The van der Waals surface area contributed by atoms with Gasteiger partial charge >= 0.3 is 12.4 Å². The average molecular weight is 1320 g/mol. The molecule has 1 saturated carbocycles. The number of likely N-dealkylation sites (tertiary alicyclic amines) is 1. The normalized spacial score (nSPS) is 18.4. The zero-order valence-electron chi connectivity index (χ0n) is 50.2. The standard InChI is InChI=1S/C16H21ClN2O2S.C16H17F3N2O.C16H21N3O2S.C15H17F3N2O2S/c1-22(20,21)9-5-12-3-7-19(8-4-12)16-11-13(17)10-15-14(16)2-6-18-15;1-10(22)21-6-3-11(4-7-21)14-8-12(16(17,18)19)9-15-13(14)2-5-20-15;1-22(20,21)19-8-6-18(7-9-19)16-11-13(12-2-3-12)10-15-14(16)4-5-17-15;1-23(21,22)20-6-3-10(4-7-20)13-8-11(15(16,17)18)9-14-12(13)2-5-19-14/h2,6,10-12,18H,3-5,7-9H2,1H3;2,5,8-9,11,20H,3-4,6-7H2,1H3;4-5,10-12,17H,2-3,6-9H2,1H3;2,5,8-10,19H,3-4,6-7H2,1H3. The van der Waals surface area contributed by atoms with E-state index in [1.54, 1.807) is 27.7 Å². The molecule has 4 aliphatic heterocycles. The van der Waals surface area contributed by atoms with Crippen molar-refractivity contribution in [2.24, 2.45) is 5.92 Å². The van der Waals surface area contributed by atoms with Crippen LogP contribution >= 0.6 is 11.6 Å². The number of carbonyl (C=O) groups is 1. The first-order valence-electron chi connectivity index (χ1n) is 30.0. The summed E-state index contributed by atoms with van der Waals surface area (Å²) >= 11 is 6.22. The second-order valence-corrected chi connectivity index (χ2v) is 31.0. The third kappa shape index (κ3) is 16.3. The van der Waals surface area contributed by atoms with E-state index in [0.717, 1.165) is 90.7 Å². The second-order valence-electron chi connectivity index (χ2n) is 24.3. The van der Waals surface area contributed by atoms with Gasteiger partial charge in [-0.25, -0.2) is 29.6 Å². The topological polar surface area (TPSA) is 199 Å². The summed E-state index contributed by atoms with van der Waals surface area (Å²) in [5, 5.41) is 4.78. The number of piperidine rings is 3. The first-order chi connectivity index (χ1) is 42.0. The van der Waals surface area contributed by atoms with Gasteiger partial charge < -0.3 is 34.6 Å². The lowest BCUT2D eigenvalue weighted by Gasteiger charge is -2.35. The molecule has 482 valence electrons. The predicted octanol–water partition coefficient (Wildman–Crippen LogP) is 12.8. The molecule has 1 aliphatic carbocycles. The number of nitrogens with zero attached hydrogens (tertiary/aromatic N) is 5. The van der Waals surface area contributed by atoms with Gasteiger partial charge in [0, 0.05) is 163 Å². The molecular weight excluding hydrogens is 1240 g/mol. The van der Waals surface area contributed by atoms with Crippen molar-refractivity contribution >= 4 is 102 Å². The molecule has 4 N–H and O–H groups in total. The Labute approximate surface area is 520 Å². The summed E-state index contributed by atoms with van der Waals surface area (Å²) < 4.78 is 150. The van der Waals surface area contributed by atoms with Gasteiger partial charge in [0.05, 0.1) is 29.4 Å². The Hall–Kier alpha value is -6.25. The molecule has 0 spiro atoms. The number of alkyl halides is 6. The number of H-pyrrole nitrogens is 4. The van der Waals surface area contributed by atoms with Gasteiger partial charge in [-0.2, -0.15) is 30.6 Å². The lowest BCUT2D eigenvalue weighted by atomic mass is 9.86. The van der Waals surface area contributed by atoms with E-state index in [1.165, 1.54) is 81.9 Å². The number of halogens is 7. The van der Waals surface area contributed by atoms with Crippen LogP contribution in [0.3, 0.4) is 0 Å². The number of nitrogens with one attached hydrogen (secondary N) is 4. The van der Waals surface area contributed by atoms with E-state index in [2.05, 4.69) is 54.0 Å². The summed E-state index contributed by atoms with van der Waals surface area (Å²) in [5.74, 6) is 1.52. The van der Waals surface area contributed by atoms with Crippen molar-refractivity contribution in [3.63, 3.8) is 0 Å². The molecule has 16 nitrogen and oxygen atoms in total. The van der Waals surface area contributed by atoms with Gasteiger partial charge in [-0.3, -0.25) is 4.79 Å². The molecule has 0 unspecified atom stereocenters. The van der Waals surface area contributed by atoms with Crippen molar-refractivity contribution in [2.45, 2.75) is 94.8 Å². The first-order valence-corrected chi connectivity index (χ1v) is 36.2. The van der Waals surface area contributed by atoms with Gasteiger partial charge in [-0.15, -0.1) is 0 Å². The van der Waals surface area contributed by atoms with Gasteiger partial charge in [0.15, 0.2) is 0 Å². The number of aromatic nitrogens is 4. The van der Waals surface area contributed by atoms with Crippen LogP contribution in [0, 0.1) is 5.92 Å². The monoisotopic (exact) mass is 1320 g/mol. The molecule has 8 heterocycles. The predicted molar refractivity (Wildman–Crippen MR) is 341 cm³/mol. The van der Waals surface area contributed by atoms with Crippen LogP contribution in [0.4, 0.5) is 37.7 Å². The van der Waals surface area contributed by atoms with Crippen molar-refractivity contribution in [1.29, 1.82) is 0 Å². The highest BCUT2D eigenvalue weighted by atomic mass is 35.5. The molecule has 13 rings (SSSR count). The maximum Gasteiger partial charge on any atom is 0.416 e. The molecule has 0 bridgehead atoms. The molecular formula is C63H76ClF6N9O7S3. The van der Waals surface area contributed by atoms with E-state index in [0.29, 0.717) is 99.1 Å². The number of hydrogen-bond acceptors (Lipinski definition) is 9. The van der Waals surface area contributed by atoms with Crippen molar-refractivity contribution in [1.82, 2.24) is 33.4 Å². The van der Waals surface area contributed by atoms with Gasteiger partial charge in [0.25, 0.3) is 0 Å². The van der Waals surface area contributed by atoms with Crippen LogP contribution in [0.15, 0.2) is 97.6 Å². The fourth-order valence-electron chi connectivity index (χ4n) is 13.0. The fraction of sp³-hybridized carbons (Fsp3) is 0.476. The Kier molecular flexibility index (Phi) is 19.6. The van der Waals surface area contributed by atoms with E-state index in [1.807, 2.05) is 30.6 Å². The minimum Gasteiger partial charge on any atom is -0.371 e. The number of hydrogen-bond donors (Lipinski definition) is 4. The number of carbonyl (C=O) groups excluding carboxylic acids is 1. The number of rotatable bonds is 10. The number of sulfone groups is 1. The molecule has 1 amide bonds. The van der Waals surface area contributed by atoms with Gasteiger partial charge in [0.1, 0.15) is 9.84 Å². The molecule has 89 heavy (non-hydrogen) atoms. The maximum atomic E-state index is 13.1. The fourth-order valence-corrected chi connectivity index (χ4v) is 15.6. The highest BCUT2D eigenvalue weighted by molar-refractivity contribution is 7.90. The van der Waals surface area contributed by atoms with Crippen LogP contribution < -0.4 is 9.80 Å². The lowest BCUT2D eigenvalue weighted by Crippen LogP contribution is -2.48. The van der Waals surface area contributed by atoms with Crippen molar-refractivity contribution in [3.8, 4) is 0 Å². The van der Waals surface area contributed by atoms with Crippen LogP contribution in [0.2, 0.25) is 5.02 Å². The number of aromatic amines is 4. The number of fused-ring (bicyclic) bond motifs is 4. The lowest BCUT2D eigenvalue weighted by molar-refractivity contribution is -0.138. The number of benzene rings is 4. The van der Waals surface area contributed by atoms with Crippen LogP contribution in [0.1, 0.15) is 110 Å². The van der Waals surface area contributed by atoms with Gasteiger partial charge in [-0.1, -0.05) is 11.6 Å². The summed E-state index contributed by atoms with van der Waals surface area (Å²) in [5.41, 5.74) is 7.12. The maximum absolute atomic E-state index is 13.1. The summed E-state index contributed by atoms with van der Waals surface area (Å²) in [7, 11) is -9.17. The zero-order chi connectivity index (χ0) is 63.8. The van der Waals surface area contributed by atoms with E-state index in [9.17, 15) is 56.4 Å². The van der Waals surface area contributed by atoms with Crippen LogP contribution in [0.5, 0.6) is 0 Å². The van der Waals surface area contributed by atoms with Crippen LogP contribution in [0.25, 0.3) is 43.6 Å². The molecule has 4 aromatic carbocycles. The van der Waals surface area contributed by atoms with E-state index >= 15 is 0 Å². The number of sulfonamides is 2. The molecule has 5 aliphatic rings. The zero-order valence-corrected chi connectivity index (χ0v) is 53.4. The Balaban J connectivity index is 0.000000131. The summed E-state index contributed by atoms with van der Waals surface area (Å²) in [6.45, 7) is 7.94. The molecule has 4 aromatic heterocycles. The summed E-state index contributed by atoms with van der Waals surface area (Å²) in [4.78, 5) is 30.0. The van der Waals surface area contributed by atoms with Crippen molar-refractivity contribution in [2.75, 3.05) is 99.8 Å². The highest BCUT2D eigenvalue weighted by Crippen LogP contribution is 2.44. The molecule has 5 fully saturated rings. The molecule has 26 heteroatoms. The molecule has 8 aromatic rings. The quantitative estimate of drug-likeness (QED) is 0.0962. The first kappa shape index (κ1) is 65.7. The van der Waals surface area contributed by atoms with Crippen LogP contribution in [-0.2, 0) is 47.0 Å². The van der Waals surface area contributed by atoms with E-state index < -0.39 is 53.4 Å². The molecule has 0 atom stereocenters. The Morgan fingerprint density at radius 1 is 0.494 bits per heavy atom. The largest absolute Gasteiger partial charge is 0.416 e. The van der Waals surface area contributed by atoms with Gasteiger partial charge in [0.2, 0.25) is 26.0 Å². The Bertz CT molecular complexity index is 4150. The van der Waals surface area contributed by atoms with Gasteiger partial charge in [-0.05, 0) is 171 Å². The number of anilines is 2. The minimum absolute atomic E-state index is 0.0225. The molecule has 0 radical (unpaired) electrons. The SMILES string of the molecule is CC(=O)N1CCC(c2cc(C(F)(F)F)cc3[nH]ccc23)CC1.CS(=O)(=O)CCC1CCN(c2cc(Cl)cc3[nH]ccc23)CC1.CS(=O)(=O)N1CCC(c2cc(C(F)(F)F)cc3[nH]ccc23)CC1.CS(=O)(=O)N1CCN(c2cc(C3CC3)cc3[nH]ccc23)CC1. The molecule has 4 saturated heterocycles. The van der Waals surface area contributed by atoms with Crippen molar-refractivity contribution in [3.05, 3.63) is 130 Å². The third-order valence-electron chi connectivity index (χ3n) is 18.0. The second kappa shape index (κ2) is 26.5. The minimum atomic E-state index is -4.40. The number of piperazine rings is 1. The van der Waals surface area contributed by atoms with Crippen LogP contribution in [-0.4, -0.2) is 155 Å². The smallest absolute Gasteiger partial charge is 0.371 e. The van der Waals surface area contributed by atoms with Crippen molar-refractivity contribution < 1.29 is 56.4 Å². The Morgan fingerprint density at radius 3 is 1.35 bits per heavy atom. The average Bonchev–Trinajstić information content (AvgIpc) is 2.27. The third-order valence-corrected chi connectivity index (χ3v) is 21.8. The summed E-state index contributed by atoms with van der Waals surface area (Å²) in [6.07, 6.45) is 10.1. The summed E-state index contributed by atoms with van der Waals surface area (Å²) in [6, 6.07) is 21.1. The highest BCUT2D eigenvalue weighted by Gasteiger charge is 2.36. The Morgan fingerprint density at radius 2 is 0.910 bits per heavy atom. The van der Waals surface area contributed by atoms with E-state index in [4.69, 9.17) is 11.6 Å². The number of amides is 1. The van der Waals surface area contributed by atoms with E-state index in [-0.39, 0.29) is 17.7 Å².